The van der Waals surface area contributed by atoms with Crippen LogP contribution in [0.25, 0.3) is 11.4 Å². The summed E-state index contributed by atoms with van der Waals surface area (Å²) >= 11 is 1.26. The monoisotopic (exact) mass is 388 g/mol. The standard InChI is InChI=1S/C16H16N6O4S/c1-10-11(6-8-26-10)15-19-20-16(21(15)17)27-9-7-14(23)18-12-4-2-3-5-13(12)22(24)25/h2-6,8H,7,9,17H2,1H3,(H,18,23). The Bertz CT molecular complexity index is 983. The van der Waals surface area contributed by atoms with Gasteiger partial charge in [0.1, 0.15) is 11.4 Å². The molecule has 0 atom stereocenters. The topological polar surface area (TPSA) is 142 Å². The summed E-state index contributed by atoms with van der Waals surface area (Å²) in [6, 6.07) is 7.72. The first-order valence-electron chi connectivity index (χ1n) is 7.88. The Morgan fingerprint density at radius 3 is 2.85 bits per heavy atom. The van der Waals surface area contributed by atoms with Gasteiger partial charge in [0, 0.05) is 18.2 Å². The Morgan fingerprint density at radius 1 is 1.37 bits per heavy atom. The van der Waals surface area contributed by atoms with Crippen molar-refractivity contribution >= 4 is 29.0 Å². The normalized spacial score (nSPS) is 10.7. The number of amides is 1. The van der Waals surface area contributed by atoms with Crippen LogP contribution in [0.5, 0.6) is 0 Å². The van der Waals surface area contributed by atoms with E-state index in [1.807, 2.05) is 0 Å². The van der Waals surface area contributed by atoms with Crippen molar-refractivity contribution < 1.29 is 14.1 Å². The highest BCUT2D eigenvalue weighted by Gasteiger charge is 2.17. The number of anilines is 1. The molecule has 10 nitrogen and oxygen atoms in total. The number of hydrogen-bond acceptors (Lipinski definition) is 8. The fourth-order valence-electron chi connectivity index (χ4n) is 2.36. The van der Waals surface area contributed by atoms with Gasteiger partial charge in [0.25, 0.3) is 5.69 Å². The maximum absolute atomic E-state index is 12.1. The molecule has 2 aromatic heterocycles. The first-order valence-corrected chi connectivity index (χ1v) is 8.87. The minimum absolute atomic E-state index is 0.129. The lowest BCUT2D eigenvalue weighted by molar-refractivity contribution is -0.383. The van der Waals surface area contributed by atoms with Crippen molar-refractivity contribution in [1.82, 2.24) is 14.9 Å². The SMILES string of the molecule is Cc1occc1-c1nnc(SCCC(=O)Nc2ccccc2[N+](=O)[O-])n1N. The first kappa shape index (κ1) is 18.5. The zero-order chi connectivity index (χ0) is 19.4. The molecule has 0 bridgehead atoms. The van der Waals surface area contributed by atoms with Gasteiger partial charge in [-0.3, -0.25) is 14.9 Å². The number of nitrogens with zero attached hydrogens (tertiary/aromatic N) is 4. The van der Waals surface area contributed by atoms with Gasteiger partial charge in [0.2, 0.25) is 11.1 Å². The highest BCUT2D eigenvalue weighted by Crippen LogP contribution is 2.26. The van der Waals surface area contributed by atoms with Gasteiger partial charge in [-0.15, -0.1) is 10.2 Å². The summed E-state index contributed by atoms with van der Waals surface area (Å²) in [5.74, 6) is 7.19. The number of aromatic nitrogens is 3. The molecule has 0 saturated heterocycles. The average Bonchev–Trinajstić information content (AvgIpc) is 3.21. The first-order chi connectivity index (χ1) is 13.0. The van der Waals surface area contributed by atoms with E-state index in [0.29, 0.717) is 22.5 Å². The maximum atomic E-state index is 12.1. The summed E-state index contributed by atoms with van der Waals surface area (Å²) in [6.07, 6.45) is 1.67. The number of thioether (sulfide) groups is 1. The number of hydrogen-bond donors (Lipinski definition) is 2. The minimum atomic E-state index is -0.541. The summed E-state index contributed by atoms with van der Waals surface area (Å²) in [4.78, 5) is 22.5. The number of rotatable bonds is 7. The molecule has 0 aliphatic carbocycles. The predicted molar refractivity (Wildman–Crippen MR) is 99.7 cm³/mol. The number of carbonyl (C=O) groups excluding carboxylic acids is 1. The number of aryl methyl sites for hydroxylation is 1. The number of carbonyl (C=O) groups is 1. The van der Waals surface area contributed by atoms with E-state index in [4.69, 9.17) is 10.3 Å². The zero-order valence-corrected chi connectivity index (χ0v) is 15.1. The van der Waals surface area contributed by atoms with Crippen molar-refractivity contribution in [2.75, 3.05) is 16.9 Å². The third-order valence-electron chi connectivity index (χ3n) is 3.70. The van der Waals surface area contributed by atoms with Crippen LogP contribution in [0.3, 0.4) is 0 Å². The van der Waals surface area contributed by atoms with Crippen molar-refractivity contribution in [1.29, 1.82) is 0 Å². The Hall–Kier alpha value is -3.34. The number of benzene rings is 1. The number of nitrogens with one attached hydrogen (secondary N) is 1. The third-order valence-corrected chi connectivity index (χ3v) is 4.64. The number of furan rings is 1. The highest BCUT2D eigenvalue weighted by molar-refractivity contribution is 7.99. The van der Waals surface area contributed by atoms with Crippen LogP contribution in [0.2, 0.25) is 0 Å². The molecule has 11 heteroatoms. The third kappa shape index (κ3) is 4.08. The van der Waals surface area contributed by atoms with Gasteiger partial charge >= 0.3 is 0 Å². The summed E-state index contributed by atoms with van der Waals surface area (Å²) in [6.45, 7) is 1.80. The molecule has 0 fully saturated rings. The van der Waals surface area contributed by atoms with Crippen LogP contribution < -0.4 is 11.2 Å². The molecule has 0 aliphatic rings. The summed E-state index contributed by atoms with van der Waals surface area (Å²) < 4.78 is 6.57. The van der Waals surface area contributed by atoms with Crippen molar-refractivity contribution in [3.05, 3.63) is 52.5 Å². The van der Waals surface area contributed by atoms with Crippen LogP contribution in [0.1, 0.15) is 12.2 Å². The summed E-state index contributed by atoms with van der Waals surface area (Å²) in [5, 5.41) is 22.0. The second kappa shape index (κ2) is 7.91. The van der Waals surface area contributed by atoms with E-state index in [1.165, 1.54) is 34.6 Å². The number of nitrogens with two attached hydrogens (primary N) is 1. The molecule has 0 unspecified atom stereocenters. The van der Waals surface area contributed by atoms with E-state index < -0.39 is 4.92 Å². The molecular weight excluding hydrogens is 372 g/mol. The van der Waals surface area contributed by atoms with Crippen molar-refractivity contribution in [3.8, 4) is 11.4 Å². The molecule has 27 heavy (non-hydrogen) atoms. The predicted octanol–water partition coefficient (Wildman–Crippen LogP) is 2.59. The summed E-state index contributed by atoms with van der Waals surface area (Å²) in [5.41, 5.74) is 0.753. The molecule has 3 N–H and O–H groups in total. The van der Waals surface area contributed by atoms with E-state index >= 15 is 0 Å². The number of nitro benzene ring substituents is 1. The van der Waals surface area contributed by atoms with Crippen molar-refractivity contribution in [2.24, 2.45) is 0 Å². The van der Waals surface area contributed by atoms with E-state index in [1.54, 1.807) is 25.3 Å². The molecule has 2 heterocycles. The van der Waals surface area contributed by atoms with E-state index in [-0.39, 0.29) is 23.7 Å². The average molecular weight is 388 g/mol. The van der Waals surface area contributed by atoms with Gasteiger partial charge in [0.05, 0.1) is 16.7 Å². The van der Waals surface area contributed by atoms with Crippen molar-refractivity contribution in [3.63, 3.8) is 0 Å². The fraction of sp³-hybridized carbons (Fsp3) is 0.188. The fourth-order valence-corrected chi connectivity index (χ4v) is 3.16. The number of nitro groups is 1. The van der Waals surface area contributed by atoms with Crippen LogP contribution in [-0.2, 0) is 4.79 Å². The Labute approximate surface area is 157 Å². The van der Waals surface area contributed by atoms with Gasteiger partial charge in [-0.05, 0) is 19.1 Å². The second-order valence-corrected chi connectivity index (χ2v) is 6.55. The quantitative estimate of drug-likeness (QED) is 0.272. The van der Waals surface area contributed by atoms with E-state index in [9.17, 15) is 14.9 Å². The zero-order valence-electron chi connectivity index (χ0n) is 14.3. The molecule has 3 aromatic rings. The molecular formula is C16H16N6O4S. The minimum Gasteiger partial charge on any atom is -0.469 e. The molecule has 0 spiro atoms. The molecule has 0 saturated carbocycles. The molecule has 0 radical (unpaired) electrons. The molecule has 1 amide bonds. The van der Waals surface area contributed by atoms with Gasteiger partial charge in [-0.2, -0.15) is 0 Å². The Kier molecular flexibility index (Phi) is 5.41. The largest absolute Gasteiger partial charge is 0.469 e. The second-order valence-electron chi connectivity index (χ2n) is 5.49. The lowest BCUT2D eigenvalue weighted by Crippen LogP contribution is -2.14. The lowest BCUT2D eigenvalue weighted by atomic mass is 10.2. The van der Waals surface area contributed by atoms with Crippen LogP contribution in [-0.4, -0.2) is 31.5 Å². The smallest absolute Gasteiger partial charge is 0.292 e. The Balaban J connectivity index is 1.58. The number of nitrogen functional groups attached to an aromatic ring is 1. The lowest BCUT2D eigenvalue weighted by Gasteiger charge is -2.06. The van der Waals surface area contributed by atoms with E-state index in [0.717, 1.165) is 5.56 Å². The van der Waals surface area contributed by atoms with Crippen LogP contribution >= 0.6 is 11.8 Å². The van der Waals surface area contributed by atoms with Gasteiger partial charge < -0.3 is 15.6 Å². The van der Waals surface area contributed by atoms with Crippen LogP contribution in [0.4, 0.5) is 11.4 Å². The van der Waals surface area contributed by atoms with Crippen molar-refractivity contribution in [2.45, 2.75) is 18.5 Å². The van der Waals surface area contributed by atoms with Gasteiger partial charge in [-0.25, -0.2) is 4.68 Å². The summed E-state index contributed by atoms with van der Waals surface area (Å²) in [7, 11) is 0. The Morgan fingerprint density at radius 2 is 2.15 bits per heavy atom. The van der Waals surface area contributed by atoms with Gasteiger partial charge in [-0.1, -0.05) is 23.9 Å². The van der Waals surface area contributed by atoms with Crippen LogP contribution in [0.15, 0.2) is 46.2 Å². The van der Waals surface area contributed by atoms with Gasteiger partial charge in [0.15, 0.2) is 5.82 Å². The molecule has 140 valence electrons. The molecule has 3 rings (SSSR count). The number of para-hydroxylation sites is 2. The van der Waals surface area contributed by atoms with Crippen LogP contribution in [0, 0.1) is 17.0 Å². The van der Waals surface area contributed by atoms with E-state index in [2.05, 4.69) is 15.5 Å². The maximum Gasteiger partial charge on any atom is 0.292 e. The molecule has 1 aromatic carbocycles. The molecule has 0 aliphatic heterocycles. The highest BCUT2D eigenvalue weighted by atomic mass is 32.2.